The summed E-state index contributed by atoms with van der Waals surface area (Å²) in [5, 5.41) is 0. The van der Waals surface area contributed by atoms with Crippen LogP contribution in [0.5, 0.6) is 0 Å². The summed E-state index contributed by atoms with van der Waals surface area (Å²) in [6, 6.07) is 4.34. The molecule has 4 heteroatoms. The van der Waals surface area contributed by atoms with Gasteiger partial charge in [-0.25, -0.2) is 4.39 Å². The fourth-order valence-corrected chi connectivity index (χ4v) is 2.40. The topological polar surface area (TPSA) is 20.3 Å². The zero-order valence-corrected chi connectivity index (χ0v) is 10.7. The lowest BCUT2D eigenvalue weighted by atomic mass is 10.1. The number of thiol groups is 1. The predicted molar refractivity (Wildman–Crippen MR) is 68.0 cm³/mol. The number of benzene rings is 1. The van der Waals surface area contributed by atoms with Crippen LogP contribution in [0.3, 0.4) is 0 Å². The molecule has 1 amide bonds. The predicted octanol–water partition coefficient (Wildman–Crippen LogP) is 2.99. The van der Waals surface area contributed by atoms with E-state index >= 15 is 0 Å². The smallest absolute Gasteiger partial charge is 0.256 e. The molecule has 1 aliphatic heterocycles. The minimum atomic E-state index is -0.465. The molecule has 92 valence electrons. The second-order valence-corrected chi connectivity index (χ2v) is 4.99. The monoisotopic (exact) mass is 253 g/mol. The van der Waals surface area contributed by atoms with Gasteiger partial charge in [-0.15, -0.1) is 12.6 Å². The van der Waals surface area contributed by atoms with Gasteiger partial charge in [-0.05, 0) is 30.5 Å². The summed E-state index contributed by atoms with van der Waals surface area (Å²) in [7, 11) is 0. The molecule has 2 nitrogen and oxygen atoms in total. The summed E-state index contributed by atoms with van der Waals surface area (Å²) < 4.78 is 13.6. The summed E-state index contributed by atoms with van der Waals surface area (Å²) in [5.41, 5.74) is 0.134. The number of halogens is 1. The standard InChI is InChI=1S/C13H16FNOS/c1-2-9-5-6-15(8-9)13(16)11-7-10(17)3-4-12(11)14/h3-4,7,9,17H,2,5-6,8H2,1H3. The van der Waals surface area contributed by atoms with Crippen molar-refractivity contribution < 1.29 is 9.18 Å². The van der Waals surface area contributed by atoms with Gasteiger partial charge in [0, 0.05) is 18.0 Å². The Bertz CT molecular complexity index is 435. The van der Waals surface area contributed by atoms with Gasteiger partial charge in [0.25, 0.3) is 5.91 Å². The molecule has 0 spiro atoms. The summed E-state index contributed by atoms with van der Waals surface area (Å²) >= 11 is 4.14. The molecule has 1 aromatic carbocycles. The molecule has 0 bridgehead atoms. The number of likely N-dealkylation sites (tertiary alicyclic amines) is 1. The quantitative estimate of drug-likeness (QED) is 0.803. The minimum absolute atomic E-state index is 0.134. The molecule has 17 heavy (non-hydrogen) atoms. The van der Waals surface area contributed by atoms with Crippen molar-refractivity contribution in [3.63, 3.8) is 0 Å². The van der Waals surface area contributed by atoms with Crippen LogP contribution in [0, 0.1) is 11.7 Å². The van der Waals surface area contributed by atoms with E-state index in [1.807, 2.05) is 0 Å². The Balaban J connectivity index is 2.17. The first-order chi connectivity index (χ1) is 8.11. The molecular weight excluding hydrogens is 237 g/mol. The third kappa shape index (κ3) is 2.63. The van der Waals surface area contributed by atoms with Gasteiger partial charge in [-0.3, -0.25) is 4.79 Å². The maximum Gasteiger partial charge on any atom is 0.256 e. The van der Waals surface area contributed by atoms with E-state index in [4.69, 9.17) is 0 Å². The minimum Gasteiger partial charge on any atom is -0.338 e. The van der Waals surface area contributed by atoms with Crippen molar-refractivity contribution in [2.75, 3.05) is 13.1 Å². The first-order valence-electron chi connectivity index (χ1n) is 5.89. The molecule has 1 aromatic rings. The highest BCUT2D eigenvalue weighted by molar-refractivity contribution is 7.80. The fraction of sp³-hybridized carbons (Fsp3) is 0.462. The Morgan fingerprint density at radius 3 is 3.00 bits per heavy atom. The normalized spacial score (nSPS) is 19.7. The van der Waals surface area contributed by atoms with Gasteiger partial charge in [-0.2, -0.15) is 0 Å². The summed E-state index contributed by atoms with van der Waals surface area (Å²) in [4.78, 5) is 14.5. The van der Waals surface area contributed by atoms with Crippen LogP contribution in [0.2, 0.25) is 0 Å². The Morgan fingerprint density at radius 2 is 2.35 bits per heavy atom. The Morgan fingerprint density at radius 1 is 1.59 bits per heavy atom. The number of rotatable bonds is 2. The van der Waals surface area contributed by atoms with Crippen LogP contribution < -0.4 is 0 Å². The Labute approximate surface area is 106 Å². The molecular formula is C13H16FNOS. The molecule has 1 fully saturated rings. The second-order valence-electron chi connectivity index (χ2n) is 4.48. The van der Waals surface area contributed by atoms with Crippen molar-refractivity contribution in [2.45, 2.75) is 24.7 Å². The summed E-state index contributed by atoms with van der Waals surface area (Å²) in [5.74, 6) is -0.122. The highest BCUT2D eigenvalue weighted by Gasteiger charge is 2.27. The lowest BCUT2D eigenvalue weighted by Crippen LogP contribution is -2.29. The number of nitrogens with zero attached hydrogens (tertiary/aromatic N) is 1. The first kappa shape index (κ1) is 12.4. The summed E-state index contributed by atoms with van der Waals surface area (Å²) in [6.45, 7) is 3.59. The number of amides is 1. The van der Waals surface area contributed by atoms with E-state index in [-0.39, 0.29) is 11.5 Å². The van der Waals surface area contributed by atoms with Gasteiger partial charge in [0.05, 0.1) is 5.56 Å². The van der Waals surface area contributed by atoms with E-state index in [1.165, 1.54) is 12.1 Å². The van der Waals surface area contributed by atoms with Crippen LogP contribution in [0.25, 0.3) is 0 Å². The highest BCUT2D eigenvalue weighted by atomic mass is 32.1. The van der Waals surface area contributed by atoms with E-state index in [2.05, 4.69) is 19.6 Å². The summed E-state index contributed by atoms with van der Waals surface area (Å²) in [6.07, 6.45) is 2.09. The molecule has 0 aromatic heterocycles. The van der Waals surface area contributed by atoms with E-state index in [0.717, 1.165) is 25.9 Å². The van der Waals surface area contributed by atoms with Crippen LogP contribution in [-0.4, -0.2) is 23.9 Å². The first-order valence-corrected chi connectivity index (χ1v) is 6.34. The molecule has 1 aliphatic rings. The van der Waals surface area contributed by atoms with Crippen molar-refractivity contribution in [1.82, 2.24) is 4.90 Å². The van der Waals surface area contributed by atoms with Gasteiger partial charge in [0.1, 0.15) is 5.82 Å². The third-order valence-corrected chi connectivity index (χ3v) is 3.61. The average Bonchev–Trinajstić information content (AvgIpc) is 2.80. The van der Waals surface area contributed by atoms with E-state index in [0.29, 0.717) is 10.8 Å². The molecule has 0 N–H and O–H groups in total. The van der Waals surface area contributed by atoms with Crippen LogP contribution in [0.4, 0.5) is 4.39 Å². The largest absolute Gasteiger partial charge is 0.338 e. The molecule has 1 unspecified atom stereocenters. The highest BCUT2D eigenvalue weighted by Crippen LogP contribution is 2.23. The maximum atomic E-state index is 13.6. The van der Waals surface area contributed by atoms with Crippen molar-refractivity contribution >= 4 is 18.5 Å². The zero-order valence-electron chi connectivity index (χ0n) is 9.82. The molecule has 1 heterocycles. The lowest BCUT2D eigenvalue weighted by Gasteiger charge is -2.16. The van der Waals surface area contributed by atoms with Gasteiger partial charge < -0.3 is 4.90 Å². The fourth-order valence-electron chi connectivity index (χ4n) is 2.20. The van der Waals surface area contributed by atoms with Crippen molar-refractivity contribution in [1.29, 1.82) is 0 Å². The average molecular weight is 253 g/mol. The van der Waals surface area contributed by atoms with Crippen LogP contribution in [0.15, 0.2) is 23.1 Å². The number of hydrogen-bond acceptors (Lipinski definition) is 2. The number of carbonyl (C=O) groups excluding carboxylic acids is 1. The molecule has 0 radical (unpaired) electrons. The molecule has 1 atom stereocenters. The molecule has 2 rings (SSSR count). The maximum absolute atomic E-state index is 13.6. The van der Waals surface area contributed by atoms with Gasteiger partial charge in [0.15, 0.2) is 0 Å². The third-order valence-electron chi connectivity index (χ3n) is 3.33. The van der Waals surface area contributed by atoms with Crippen LogP contribution in [-0.2, 0) is 0 Å². The van der Waals surface area contributed by atoms with Crippen molar-refractivity contribution in [3.8, 4) is 0 Å². The second kappa shape index (κ2) is 5.08. The molecule has 1 saturated heterocycles. The van der Waals surface area contributed by atoms with Gasteiger partial charge >= 0.3 is 0 Å². The van der Waals surface area contributed by atoms with E-state index < -0.39 is 5.82 Å². The zero-order chi connectivity index (χ0) is 12.4. The van der Waals surface area contributed by atoms with Crippen LogP contribution >= 0.6 is 12.6 Å². The van der Waals surface area contributed by atoms with Gasteiger partial charge in [-0.1, -0.05) is 13.3 Å². The SMILES string of the molecule is CCC1CCN(C(=O)c2cc(S)ccc2F)C1. The van der Waals surface area contributed by atoms with Crippen molar-refractivity contribution in [3.05, 3.63) is 29.6 Å². The van der Waals surface area contributed by atoms with Gasteiger partial charge in [0.2, 0.25) is 0 Å². The van der Waals surface area contributed by atoms with Crippen molar-refractivity contribution in [2.24, 2.45) is 5.92 Å². The van der Waals surface area contributed by atoms with Crippen LogP contribution in [0.1, 0.15) is 30.1 Å². The Hall–Kier alpha value is -1.03. The molecule has 0 aliphatic carbocycles. The van der Waals surface area contributed by atoms with E-state index in [1.54, 1.807) is 11.0 Å². The number of hydrogen-bond donors (Lipinski definition) is 1. The molecule has 0 saturated carbocycles. The van der Waals surface area contributed by atoms with E-state index in [9.17, 15) is 9.18 Å². The Kier molecular flexibility index (Phi) is 3.72. The lowest BCUT2D eigenvalue weighted by molar-refractivity contribution is 0.0782. The number of carbonyl (C=O) groups is 1.